The molecular formula is C38H30O14. The first kappa shape index (κ1) is 39.5. The second-order valence-corrected chi connectivity index (χ2v) is 10.7. The summed E-state index contributed by atoms with van der Waals surface area (Å²) < 4.78 is 19.3. The number of aliphatic hydroxyl groups excluding tert-OH is 1. The zero-order chi connectivity index (χ0) is 38.5. The molecule has 0 heterocycles. The normalized spacial score (nSPS) is 10.1. The van der Waals surface area contributed by atoms with Gasteiger partial charge in [-0.2, -0.15) is 0 Å². The number of hydrogen-bond donors (Lipinski definition) is 1. The number of esters is 4. The number of benzene rings is 4. The quantitative estimate of drug-likeness (QED) is 0.0963. The number of aliphatic hydroxyl groups is 1. The standard InChI is InChI=1S/C19H16O7.C19H14O7/c2*1-11(20)18(23)25-15-7-3-13(4-8-15)17(22)14-5-9-16(10-6-14)26-19(24)12(2)21/h3-10,17,22H,1-2H3;3-10H,1-2H3. The zero-order valence-corrected chi connectivity index (χ0v) is 28.1. The Morgan fingerprint density at radius 2 is 0.596 bits per heavy atom. The average Bonchev–Trinajstić information content (AvgIpc) is 3.12. The third-order valence-corrected chi connectivity index (χ3v) is 6.62. The Balaban J connectivity index is 0.000000280. The van der Waals surface area contributed by atoms with Gasteiger partial charge in [0.2, 0.25) is 23.1 Å². The van der Waals surface area contributed by atoms with Crippen LogP contribution < -0.4 is 18.9 Å². The van der Waals surface area contributed by atoms with Gasteiger partial charge in [0.1, 0.15) is 29.1 Å². The number of Topliss-reactive ketones (excluding diaryl/α,β-unsaturated/α-hetero) is 4. The highest BCUT2D eigenvalue weighted by Gasteiger charge is 2.16. The van der Waals surface area contributed by atoms with Gasteiger partial charge in [-0.25, -0.2) is 19.2 Å². The molecule has 0 atom stereocenters. The number of ether oxygens (including phenoxy) is 4. The summed E-state index contributed by atoms with van der Waals surface area (Å²) in [7, 11) is 0. The number of carbonyl (C=O) groups is 9. The second kappa shape index (κ2) is 18.2. The van der Waals surface area contributed by atoms with Crippen LogP contribution in [0.2, 0.25) is 0 Å². The number of ketones is 5. The Morgan fingerprint density at radius 1 is 0.385 bits per heavy atom. The minimum absolute atomic E-state index is 0.147. The monoisotopic (exact) mass is 710 g/mol. The van der Waals surface area contributed by atoms with Gasteiger partial charge < -0.3 is 24.1 Å². The van der Waals surface area contributed by atoms with Crippen LogP contribution in [0.3, 0.4) is 0 Å². The zero-order valence-electron chi connectivity index (χ0n) is 28.1. The molecule has 4 rings (SSSR count). The van der Waals surface area contributed by atoms with E-state index in [0.29, 0.717) is 22.3 Å². The first-order valence-corrected chi connectivity index (χ1v) is 15.1. The van der Waals surface area contributed by atoms with Crippen LogP contribution in [0.5, 0.6) is 23.0 Å². The minimum Gasteiger partial charge on any atom is -0.421 e. The third kappa shape index (κ3) is 11.6. The van der Waals surface area contributed by atoms with Crippen molar-refractivity contribution in [2.24, 2.45) is 0 Å². The van der Waals surface area contributed by atoms with E-state index in [1.54, 1.807) is 24.3 Å². The van der Waals surface area contributed by atoms with Crippen LogP contribution in [0.25, 0.3) is 0 Å². The van der Waals surface area contributed by atoms with Crippen molar-refractivity contribution in [3.63, 3.8) is 0 Å². The third-order valence-electron chi connectivity index (χ3n) is 6.62. The number of carbonyl (C=O) groups excluding carboxylic acids is 9. The molecule has 14 nitrogen and oxygen atoms in total. The molecule has 0 amide bonds. The van der Waals surface area contributed by atoms with Crippen LogP contribution in [0, 0.1) is 0 Å². The number of rotatable bonds is 12. The molecule has 14 heteroatoms. The van der Waals surface area contributed by atoms with Gasteiger partial charge >= 0.3 is 23.9 Å². The van der Waals surface area contributed by atoms with Crippen molar-refractivity contribution in [2.75, 3.05) is 0 Å². The Bertz CT molecular complexity index is 1860. The van der Waals surface area contributed by atoms with Crippen molar-refractivity contribution in [2.45, 2.75) is 33.8 Å². The fourth-order valence-electron chi connectivity index (χ4n) is 3.86. The van der Waals surface area contributed by atoms with E-state index < -0.39 is 53.1 Å². The van der Waals surface area contributed by atoms with Crippen LogP contribution in [0.1, 0.15) is 60.8 Å². The summed E-state index contributed by atoms with van der Waals surface area (Å²) in [6.07, 6.45) is -0.967. The van der Waals surface area contributed by atoms with Gasteiger partial charge in [0.05, 0.1) is 0 Å². The van der Waals surface area contributed by atoms with Crippen LogP contribution >= 0.6 is 0 Å². The Morgan fingerprint density at radius 3 is 0.808 bits per heavy atom. The molecule has 0 fully saturated rings. The Kier molecular flexibility index (Phi) is 13.8. The van der Waals surface area contributed by atoms with E-state index in [2.05, 4.69) is 0 Å². The molecular weight excluding hydrogens is 680 g/mol. The molecule has 0 unspecified atom stereocenters. The highest BCUT2D eigenvalue weighted by atomic mass is 16.6. The first-order chi connectivity index (χ1) is 24.5. The van der Waals surface area contributed by atoms with E-state index in [-0.39, 0.29) is 28.8 Å². The van der Waals surface area contributed by atoms with Crippen molar-refractivity contribution in [3.05, 3.63) is 119 Å². The van der Waals surface area contributed by atoms with Crippen LogP contribution in [-0.4, -0.2) is 57.9 Å². The smallest absolute Gasteiger partial charge is 0.379 e. The Hall–Kier alpha value is -6.93. The summed E-state index contributed by atoms with van der Waals surface area (Å²) in [5.74, 6) is -6.41. The van der Waals surface area contributed by atoms with E-state index in [1.807, 2.05) is 0 Å². The average molecular weight is 711 g/mol. The van der Waals surface area contributed by atoms with E-state index >= 15 is 0 Å². The molecule has 4 aromatic rings. The molecule has 52 heavy (non-hydrogen) atoms. The predicted octanol–water partition coefficient (Wildman–Crippen LogP) is 3.66. The summed E-state index contributed by atoms with van der Waals surface area (Å²) in [5.41, 5.74) is 1.73. The number of hydrogen-bond acceptors (Lipinski definition) is 14. The maximum absolute atomic E-state index is 12.4. The van der Waals surface area contributed by atoms with Crippen molar-refractivity contribution >= 4 is 52.8 Å². The topological polar surface area (TPSA) is 211 Å². The van der Waals surface area contributed by atoms with Crippen LogP contribution in [-0.2, 0) is 38.4 Å². The van der Waals surface area contributed by atoms with Gasteiger partial charge in [-0.15, -0.1) is 0 Å². The summed E-state index contributed by atoms with van der Waals surface area (Å²) in [5, 5.41) is 10.4. The van der Waals surface area contributed by atoms with E-state index in [1.165, 1.54) is 72.8 Å². The lowest BCUT2D eigenvalue weighted by atomic mass is 10.0. The van der Waals surface area contributed by atoms with Gasteiger partial charge in [0.25, 0.3) is 0 Å². The molecule has 0 bridgehead atoms. The second-order valence-electron chi connectivity index (χ2n) is 10.7. The molecule has 0 aliphatic rings. The van der Waals surface area contributed by atoms with Gasteiger partial charge in [0, 0.05) is 38.8 Å². The molecule has 0 aliphatic heterocycles. The SMILES string of the molecule is CC(=O)C(=O)Oc1ccc(C(=O)c2ccc(OC(=O)C(C)=O)cc2)cc1.CC(=O)C(=O)Oc1ccc(C(O)c2ccc(OC(=O)C(C)=O)cc2)cc1. The lowest BCUT2D eigenvalue weighted by Gasteiger charge is -2.13. The van der Waals surface area contributed by atoms with Gasteiger partial charge in [-0.1, -0.05) is 24.3 Å². The molecule has 0 saturated heterocycles. The first-order valence-electron chi connectivity index (χ1n) is 15.1. The minimum atomic E-state index is -0.986. The van der Waals surface area contributed by atoms with E-state index in [9.17, 15) is 48.3 Å². The molecule has 4 aromatic carbocycles. The van der Waals surface area contributed by atoms with E-state index in [0.717, 1.165) is 27.7 Å². The highest BCUT2D eigenvalue weighted by Crippen LogP contribution is 2.26. The van der Waals surface area contributed by atoms with Crippen LogP contribution in [0.15, 0.2) is 97.1 Å². The van der Waals surface area contributed by atoms with Crippen molar-refractivity contribution in [1.29, 1.82) is 0 Å². The molecule has 0 radical (unpaired) electrons. The highest BCUT2D eigenvalue weighted by molar-refractivity contribution is 6.34. The Labute approximate surface area is 295 Å². The van der Waals surface area contributed by atoms with Crippen molar-refractivity contribution < 1.29 is 67.2 Å². The summed E-state index contributed by atoms with van der Waals surface area (Å²) in [6, 6.07) is 23.5. The van der Waals surface area contributed by atoms with Gasteiger partial charge in [-0.05, 0) is 83.9 Å². The largest absolute Gasteiger partial charge is 0.421 e. The molecule has 1 N–H and O–H groups in total. The van der Waals surface area contributed by atoms with Crippen molar-refractivity contribution in [1.82, 2.24) is 0 Å². The maximum Gasteiger partial charge on any atom is 0.379 e. The molecule has 0 spiro atoms. The summed E-state index contributed by atoms with van der Waals surface area (Å²) in [4.78, 5) is 101. The van der Waals surface area contributed by atoms with Gasteiger partial charge in [-0.3, -0.25) is 24.0 Å². The summed E-state index contributed by atoms with van der Waals surface area (Å²) in [6.45, 7) is 4.41. The molecule has 0 saturated carbocycles. The summed E-state index contributed by atoms with van der Waals surface area (Å²) >= 11 is 0. The van der Waals surface area contributed by atoms with E-state index in [4.69, 9.17) is 18.9 Å². The fraction of sp³-hybridized carbons (Fsp3) is 0.132. The maximum atomic E-state index is 12.4. The lowest BCUT2D eigenvalue weighted by Crippen LogP contribution is -2.17. The lowest BCUT2D eigenvalue weighted by molar-refractivity contribution is -0.146. The van der Waals surface area contributed by atoms with Crippen LogP contribution in [0.4, 0.5) is 0 Å². The molecule has 266 valence electrons. The van der Waals surface area contributed by atoms with Gasteiger partial charge in [0.15, 0.2) is 5.78 Å². The molecule has 0 aliphatic carbocycles. The fourth-order valence-corrected chi connectivity index (χ4v) is 3.86. The van der Waals surface area contributed by atoms with Crippen molar-refractivity contribution in [3.8, 4) is 23.0 Å². The predicted molar refractivity (Wildman–Crippen MR) is 179 cm³/mol. The molecule has 0 aromatic heterocycles.